The van der Waals surface area contributed by atoms with Gasteiger partial charge in [-0.05, 0) is 32.1 Å². The minimum atomic E-state index is -0.851. The summed E-state index contributed by atoms with van der Waals surface area (Å²) in [6.07, 6.45) is 24.3. The van der Waals surface area contributed by atoms with E-state index in [2.05, 4.69) is 6.58 Å². The number of aliphatic carboxylic acids is 1. The number of unbranched alkanes of at least 4 members (excludes halogenated alkanes) is 14. The summed E-state index contributed by atoms with van der Waals surface area (Å²) in [5, 5.41) is 9.27. The van der Waals surface area contributed by atoms with Crippen LogP contribution in [0.15, 0.2) is 12.7 Å². The molecule has 1 aliphatic rings. The fourth-order valence-corrected chi connectivity index (χ4v) is 4.50. The molecule has 2 atom stereocenters. The number of allylic oxidation sites excluding steroid dienone is 1. The summed E-state index contributed by atoms with van der Waals surface area (Å²) >= 11 is 0. The van der Waals surface area contributed by atoms with Gasteiger partial charge in [-0.1, -0.05) is 96.0 Å². The van der Waals surface area contributed by atoms with Crippen LogP contribution in [0.5, 0.6) is 0 Å². The van der Waals surface area contributed by atoms with E-state index in [1.807, 2.05) is 6.08 Å². The quantitative estimate of drug-likeness (QED) is 0.133. The van der Waals surface area contributed by atoms with Crippen LogP contribution in [0.1, 0.15) is 122 Å². The largest absolute Gasteiger partial charge is 0.481 e. The molecule has 174 valence electrons. The van der Waals surface area contributed by atoms with Crippen LogP contribution in [-0.4, -0.2) is 23.7 Å². The van der Waals surface area contributed by atoms with Crippen LogP contribution in [0.3, 0.4) is 0 Å². The van der Waals surface area contributed by atoms with Crippen molar-refractivity contribution in [1.82, 2.24) is 0 Å². The first-order chi connectivity index (χ1) is 14.7. The smallest absolute Gasteiger partial charge is 0.309 e. The first-order valence-corrected chi connectivity index (χ1v) is 12.7. The topological polar surface area (TPSA) is 63.6 Å². The second-order valence-corrected chi connectivity index (χ2v) is 9.03. The lowest BCUT2D eigenvalue weighted by atomic mass is 9.79. The van der Waals surface area contributed by atoms with Crippen LogP contribution < -0.4 is 0 Å². The van der Waals surface area contributed by atoms with Crippen LogP contribution in [0.4, 0.5) is 0 Å². The number of esters is 1. The van der Waals surface area contributed by atoms with E-state index in [1.165, 1.54) is 83.5 Å². The third-order valence-corrected chi connectivity index (χ3v) is 6.43. The highest BCUT2D eigenvalue weighted by molar-refractivity contribution is 5.81. The Labute approximate surface area is 184 Å². The zero-order valence-corrected chi connectivity index (χ0v) is 19.3. The van der Waals surface area contributed by atoms with Gasteiger partial charge >= 0.3 is 11.9 Å². The fourth-order valence-electron chi connectivity index (χ4n) is 4.50. The standard InChI is InChI=1S/C26H46O4/c1-2-3-4-5-6-7-8-9-10-11-12-13-14-15-16-19-22-30-26(29)24-21-18-17-20-23(24)25(27)28/h2,23-24H,1,3-22H2,(H,27,28). The predicted octanol–water partition coefficient (Wildman–Crippen LogP) is 7.46. The molecular formula is C26H46O4. The van der Waals surface area contributed by atoms with Crippen molar-refractivity contribution in [2.75, 3.05) is 6.61 Å². The monoisotopic (exact) mass is 422 g/mol. The van der Waals surface area contributed by atoms with Crippen molar-refractivity contribution in [1.29, 1.82) is 0 Å². The number of carbonyl (C=O) groups excluding carboxylic acids is 1. The van der Waals surface area contributed by atoms with Crippen LogP contribution in [0, 0.1) is 11.8 Å². The maximum Gasteiger partial charge on any atom is 0.309 e. The summed E-state index contributed by atoms with van der Waals surface area (Å²) in [4.78, 5) is 23.5. The Kier molecular flexibility index (Phi) is 16.4. The first-order valence-electron chi connectivity index (χ1n) is 12.7. The normalized spacial score (nSPS) is 18.8. The van der Waals surface area contributed by atoms with E-state index in [9.17, 15) is 14.7 Å². The van der Waals surface area contributed by atoms with Gasteiger partial charge in [-0.15, -0.1) is 6.58 Å². The Morgan fingerprint density at radius 1 is 0.733 bits per heavy atom. The minimum Gasteiger partial charge on any atom is -0.481 e. The average molecular weight is 423 g/mol. The lowest BCUT2D eigenvalue weighted by Gasteiger charge is -2.26. The summed E-state index contributed by atoms with van der Waals surface area (Å²) < 4.78 is 5.37. The van der Waals surface area contributed by atoms with Gasteiger partial charge in [-0.2, -0.15) is 0 Å². The number of hydrogen-bond acceptors (Lipinski definition) is 3. The number of hydrogen-bond donors (Lipinski definition) is 1. The Bertz CT molecular complexity index is 460. The van der Waals surface area contributed by atoms with Crippen molar-refractivity contribution in [3.05, 3.63) is 12.7 Å². The summed E-state index contributed by atoms with van der Waals surface area (Å²) in [6.45, 7) is 4.20. The van der Waals surface area contributed by atoms with Gasteiger partial charge in [0.1, 0.15) is 0 Å². The molecule has 4 nitrogen and oxygen atoms in total. The van der Waals surface area contributed by atoms with E-state index < -0.39 is 17.8 Å². The molecule has 1 saturated carbocycles. The molecule has 4 heteroatoms. The lowest BCUT2D eigenvalue weighted by molar-refractivity contribution is -0.159. The van der Waals surface area contributed by atoms with Gasteiger partial charge in [-0.25, -0.2) is 0 Å². The highest BCUT2D eigenvalue weighted by Gasteiger charge is 2.36. The molecule has 1 N–H and O–H groups in total. The lowest BCUT2D eigenvalue weighted by Crippen LogP contribution is -2.33. The molecule has 1 rings (SSSR count). The molecular weight excluding hydrogens is 376 g/mol. The number of carbonyl (C=O) groups is 2. The molecule has 0 spiro atoms. The van der Waals surface area contributed by atoms with Gasteiger partial charge < -0.3 is 9.84 Å². The highest BCUT2D eigenvalue weighted by Crippen LogP contribution is 2.31. The van der Waals surface area contributed by atoms with Crippen molar-refractivity contribution in [3.8, 4) is 0 Å². The zero-order chi connectivity index (χ0) is 21.9. The summed E-state index contributed by atoms with van der Waals surface area (Å²) in [7, 11) is 0. The molecule has 0 aromatic carbocycles. The molecule has 1 aliphatic carbocycles. The molecule has 0 bridgehead atoms. The van der Waals surface area contributed by atoms with Gasteiger partial charge in [0.05, 0.1) is 18.4 Å². The number of rotatable bonds is 19. The summed E-state index contributed by atoms with van der Waals surface area (Å²) in [5.41, 5.74) is 0. The van der Waals surface area contributed by atoms with E-state index in [0.29, 0.717) is 19.4 Å². The maximum absolute atomic E-state index is 12.2. The third kappa shape index (κ3) is 13.1. The molecule has 0 saturated heterocycles. The van der Waals surface area contributed by atoms with Crippen molar-refractivity contribution >= 4 is 11.9 Å². The van der Waals surface area contributed by atoms with Crippen LogP contribution in [0.25, 0.3) is 0 Å². The molecule has 0 amide bonds. The number of ether oxygens (including phenoxy) is 1. The molecule has 2 unspecified atom stereocenters. The fraction of sp³-hybridized carbons (Fsp3) is 0.846. The Morgan fingerprint density at radius 3 is 1.63 bits per heavy atom. The Morgan fingerprint density at radius 2 is 1.17 bits per heavy atom. The highest BCUT2D eigenvalue weighted by atomic mass is 16.5. The van der Waals surface area contributed by atoms with Crippen molar-refractivity contribution < 1.29 is 19.4 Å². The second kappa shape index (κ2) is 18.4. The molecule has 0 aliphatic heterocycles. The number of carboxylic acids is 1. The number of carboxylic acid groups (broad SMARTS) is 1. The van der Waals surface area contributed by atoms with E-state index in [0.717, 1.165) is 25.7 Å². The molecule has 1 fully saturated rings. The van der Waals surface area contributed by atoms with E-state index in [-0.39, 0.29) is 5.97 Å². The van der Waals surface area contributed by atoms with Crippen molar-refractivity contribution in [2.24, 2.45) is 11.8 Å². The Balaban J connectivity index is 1.85. The molecule has 0 radical (unpaired) electrons. The van der Waals surface area contributed by atoms with Crippen LogP contribution >= 0.6 is 0 Å². The van der Waals surface area contributed by atoms with Crippen LogP contribution in [0.2, 0.25) is 0 Å². The second-order valence-electron chi connectivity index (χ2n) is 9.03. The van der Waals surface area contributed by atoms with E-state index in [4.69, 9.17) is 4.74 Å². The van der Waals surface area contributed by atoms with Gasteiger partial charge in [0.2, 0.25) is 0 Å². The SMILES string of the molecule is C=CCCCCCCCCCCCCCCCCOC(=O)C1CCCCC1C(=O)O. The zero-order valence-electron chi connectivity index (χ0n) is 19.3. The van der Waals surface area contributed by atoms with Crippen LogP contribution in [-0.2, 0) is 14.3 Å². The van der Waals surface area contributed by atoms with Gasteiger partial charge in [-0.3, -0.25) is 9.59 Å². The van der Waals surface area contributed by atoms with Gasteiger partial charge in [0.15, 0.2) is 0 Å². The average Bonchev–Trinajstić information content (AvgIpc) is 2.75. The van der Waals surface area contributed by atoms with Gasteiger partial charge in [0, 0.05) is 0 Å². The van der Waals surface area contributed by atoms with Gasteiger partial charge in [0.25, 0.3) is 0 Å². The summed E-state index contributed by atoms with van der Waals surface area (Å²) in [6, 6.07) is 0. The van der Waals surface area contributed by atoms with Crippen molar-refractivity contribution in [2.45, 2.75) is 122 Å². The first kappa shape index (κ1) is 26.7. The molecule has 0 aromatic rings. The molecule has 30 heavy (non-hydrogen) atoms. The summed E-state index contributed by atoms with van der Waals surface area (Å²) in [5.74, 6) is -2.13. The predicted molar refractivity (Wildman–Crippen MR) is 123 cm³/mol. The van der Waals surface area contributed by atoms with E-state index in [1.54, 1.807) is 0 Å². The third-order valence-electron chi connectivity index (χ3n) is 6.43. The minimum absolute atomic E-state index is 0.293. The van der Waals surface area contributed by atoms with Crippen molar-refractivity contribution in [3.63, 3.8) is 0 Å². The molecule has 0 heterocycles. The maximum atomic E-state index is 12.2. The molecule has 0 aromatic heterocycles. The Hall–Kier alpha value is -1.32. The van der Waals surface area contributed by atoms with E-state index >= 15 is 0 Å².